The summed E-state index contributed by atoms with van der Waals surface area (Å²) in [6.45, 7) is 0. The third-order valence-electron chi connectivity index (χ3n) is 1.90. The maximum Gasteiger partial charge on any atom is 0.0686 e. The van der Waals surface area contributed by atoms with Crippen molar-refractivity contribution in [3.8, 4) is 0 Å². The maximum absolute atomic E-state index is 4.05. The molecule has 0 spiro atoms. The highest BCUT2D eigenvalue weighted by Gasteiger charge is 1.98. The normalized spacial score (nSPS) is 10.1. The monoisotopic (exact) mass is 248 g/mol. The molecule has 2 nitrogen and oxygen atoms in total. The summed E-state index contributed by atoms with van der Waals surface area (Å²) in [4.78, 5) is 0. The fourth-order valence-corrected chi connectivity index (χ4v) is 1.63. The molecule has 14 heavy (non-hydrogen) atoms. The summed E-state index contributed by atoms with van der Waals surface area (Å²) in [5.74, 6) is 0. The summed E-state index contributed by atoms with van der Waals surface area (Å²) in [6.07, 6.45) is 2.52. The van der Waals surface area contributed by atoms with E-state index in [1.807, 2.05) is 24.3 Å². The molecule has 3 heteroatoms. The molecule has 0 saturated carbocycles. The molecule has 0 aliphatic heterocycles. The Hall–Kier alpha value is -1.22. The second kappa shape index (κ2) is 4.33. The molecule has 1 aromatic heterocycles. The van der Waals surface area contributed by atoms with Gasteiger partial charge in [0.25, 0.3) is 0 Å². The first kappa shape index (κ1) is 9.34. The molecule has 0 atom stereocenters. The largest absolute Gasteiger partial charge is 0.158 e. The Kier molecular flexibility index (Phi) is 2.89. The molecule has 0 saturated heterocycles. The molecule has 0 aliphatic carbocycles. The van der Waals surface area contributed by atoms with Crippen LogP contribution in [0.1, 0.15) is 11.3 Å². The number of nitrogens with zero attached hydrogens (tertiary/aromatic N) is 2. The van der Waals surface area contributed by atoms with Crippen molar-refractivity contribution in [2.45, 2.75) is 6.42 Å². The van der Waals surface area contributed by atoms with E-state index in [4.69, 9.17) is 0 Å². The number of aromatic nitrogens is 2. The summed E-state index contributed by atoms with van der Waals surface area (Å²) in [6, 6.07) is 12.2. The number of halogens is 1. The van der Waals surface area contributed by atoms with E-state index in [1.54, 1.807) is 6.20 Å². The molecule has 0 N–H and O–H groups in total. The van der Waals surface area contributed by atoms with Gasteiger partial charge < -0.3 is 0 Å². The predicted octanol–water partition coefficient (Wildman–Crippen LogP) is 2.83. The Labute approximate surface area is 91.1 Å². The van der Waals surface area contributed by atoms with Crippen LogP contribution in [0.3, 0.4) is 0 Å². The molecular weight excluding hydrogens is 240 g/mol. The average molecular weight is 249 g/mol. The Morgan fingerprint density at radius 2 is 1.93 bits per heavy atom. The van der Waals surface area contributed by atoms with Gasteiger partial charge in [-0.3, -0.25) is 0 Å². The first-order valence-corrected chi connectivity index (χ1v) is 5.15. The number of hydrogen-bond donors (Lipinski definition) is 0. The Balaban J connectivity index is 2.19. The molecule has 0 bridgehead atoms. The van der Waals surface area contributed by atoms with Crippen LogP contribution in [-0.4, -0.2) is 10.2 Å². The topological polar surface area (TPSA) is 25.8 Å². The van der Waals surface area contributed by atoms with Gasteiger partial charge >= 0.3 is 0 Å². The van der Waals surface area contributed by atoms with Crippen LogP contribution in [0.4, 0.5) is 0 Å². The van der Waals surface area contributed by atoms with Crippen molar-refractivity contribution in [1.82, 2.24) is 10.2 Å². The zero-order chi connectivity index (χ0) is 9.80. The minimum Gasteiger partial charge on any atom is -0.158 e. The summed E-state index contributed by atoms with van der Waals surface area (Å²) in [5, 5.41) is 7.94. The molecule has 0 amide bonds. The van der Waals surface area contributed by atoms with Crippen molar-refractivity contribution in [1.29, 1.82) is 0 Å². The minimum atomic E-state index is 0.827. The SMILES string of the molecule is Brc1cnnc(Cc2ccccc2)c1. The quantitative estimate of drug-likeness (QED) is 0.817. The van der Waals surface area contributed by atoms with E-state index < -0.39 is 0 Å². The molecule has 2 aromatic rings. The lowest BCUT2D eigenvalue weighted by Crippen LogP contribution is -1.93. The van der Waals surface area contributed by atoms with Crippen LogP contribution in [-0.2, 0) is 6.42 Å². The van der Waals surface area contributed by atoms with Gasteiger partial charge in [-0.25, -0.2) is 0 Å². The van der Waals surface area contributed by atoms with Gasteiger partial charge in [-0.15, -0.1) is 0 Å². The van der Waals surface area contributed by atoms with Crippen LogP contribution in [0, 0.1) is 0 Å². The van der Waals surface area contributed by atoms with Crippen LogP contribution >= 0.6 is 15.9 Å². The molecule has 70 valence electrons. The van der Waals surface area contributed by atoms with Crippen molar-refractivity contribution >= 4 is 15.9 Å². The van der Waals surface area contributed by atoms with E-state index in [0.717, 1.165) is 16.6 Å². The van der Waals surface area contributed by atoms with Gasteiger partial charge in [0, 0.05) is 10.9 Å². The molecule has 0 radical (unpaired) electrons. The maximum atomic E-state index is 4.05. The van der Waals surface area contributed by atoms with E-state index >= 15 is 0 Å². The van der Waals surface area contributed by atoms with Crippen LogP contribution in [0.15, 0.2) is 47.1 Å². The molecular formula is C11H9BrN2. The Bertz CT molecular complexity index is 415. The van der Waals surface area contributed by atoms with Crippen LogP contribution in [0.25, 0.3) is 0 Å². The van der Waals surface area contributed by atoms with Crippen molar-refractivity contribution in [2.24, 2.45) is 0 Å². The molecule has 1 aromatic carbocycles. The van der Waals surface area contributed by atoms with Gasteiger partial charge in [-0.1, -0.05) is 30.3 Å². The summed E-state index contributed by atoms with van der Waals surface area (Å²) in [7, 11) is 0. The summed E-state index contributed by atoms with van der Waals surface area (Å²) >= 11 is 3.37. The first-order valence-electron chi connectivity index (χ1n) is 4.35. The van der Waals surface area contributed by atoms with Gasteiger partial charge in [0.2, 0.25) is 0 Å². The highest BCUT2D eigenvalue weighted by Crippen LogP contribution is 2.11. The smallest absolute Gasteiger partial charge is 0.0686 e. The Morgan fingerprint density at radius 1 is 1.14 bits per heavy atom. The van der Waals surface area contributed by atoms with Gasteiger partial charge in [-0.2, -0.15) is 10.2 Å². The van der Waals surface area contributed by atoms with Gasteiger partial charge in [-0.05, 0) is 27.6 Å². The number of hydrogen-bond acceptors (Lipinski definition) is 2. The average Bonchev–Trinajstić information content (AvgIpc) is 2.19. The third kappa shape index (κ3) is 2.39. The predicted molar refractivity (Wildman–Crippen MR) is 59.0 cm³/mol. The molecule has 0 aliphatic rings. The van der Waals surface area contributed by atoms with E-state index in [2.05, 4.69) is 38.3 Å². The van der Waals surface area contributed by atoms with Gasteiger partial charge in [0.1, 0.15) is 0 Å². The second-order valence-corrected chi connectivity index (χ2v) is 3.94. The number of benzene rings is 1. The van der Waals surface area contributed by atoms with Gasteiger partial charge in [0.15, 0.2) is 0 Å². The van der Waals surface area contributed by atoms with Crippen LogP contribution < -0.4 is 0 Å². The fraction of sp³-hybridized carbons (Fsp3) is 0.0909. The highest BCUT2D eigenvalue weighted by molar-refractivity contribution is 9.10. The number of rotatable bonds is 2. The van der Waals surface area contributed by atoms with Crippen LogP contribution in [0.5, 0.6) is 0 Å². The highest BCUT2D eigenvalue weighted by atomic mass is 79.9. The van der Waals surface area contributed by atoms with Crippen molar-refractivity contribution in [2.75, 3.05) is 0 Å². The van der Waals surface area contributed by atoms with E-state index in [1.165, 1.54) is 5.56 Å². The molecule has 0 fully saturated rings. The minimum absolute atomic E-state index is 0.827. The van der Waals surface area contributed by atoms with Crippen molar-refractivity contribution < 1.29 is 0 Å². The molecule has 2 rings (SSSR count). The molecule has 1 heterocycles. The lowest BCUT2D eigenvalue weighted by Gasteiger charge is -1.99. The van der Waals surface area contributed by atoms with E-state index in [9.17, 15) is 0 Å². The van der Waals surface area contributed by atoms with Crippen LogP contribution in [0.2, 0.25) is 0 Å². The fourth-order valence-electron chi connectivity index (χ4n) is 1.27. The zero-order valence-electron chi connectivity index (χ0n) is 7.52. The van der Waals surface area contributed by atoms with Gasteiger partial charge in [0.05, 0.1) is 11.9 Å². The van der Waals surface area contributed by atoms with Crippen molar-refractivity contribution in [3.63, 3.8) is 0 Å². The first-order chi connectivity index (χ1) is 6.84. The third-order valence-corrected chi connectivity index (χ3v) is 2.33. The van der Waals surface area contributed by atoms with E-state index in [-0.39, 0.29) is 0 Å². The summed E-state index contributed by atoms with van der Waals surface area (Å²) in [5.41, 5.74) is 2.23. The lowest BCUT2D eigenvalue weighted by molar-refractivity contribution is 0.931. The lowest BCUT2D eigenvalue weighted by atomic mass is 10.1. The summed E-state index contributed by atoms with van der Waals surface area (Å²) < 4.78 is 0.971. The zero-order valence-corrected chi connectivity index (χ0v) is 9.11. The van der Waals surface area contributed by atoms with E-state index in [0.29, 0.717) is 0 Å². The second-order valence-electron chi connectivity index (χ2n) is 3.03. The Morgan fingerprint density at radius 3 is 2.64 bits per heavy atom. The van der Waals surface area contributed by atoms with Crippen molar-refractivity contribution in [3.05, 3.63) is 58.3 Å². The molecule has 0 unspecified atom stereocenters. The standard InChI is InChI=1S/C11H9BrN2/c12-10-7-11(14-13-8-10)6-9-4-2-1-3-5-9/h1-5,7-8H,6H2.